The second-order valence-electron chi connectivity index (χ2n) is 7.17. The van der Waals surface area contributed by atoms with Crippen molar-refractivity contribution in [1.82, 2.24) is 4.90 Å². The zero-order valence-electron chi connectivity index (χ0n) is 20.3. The number of hydrogen-bond acceptors (Lipinski definition) is 5. The van der Waals surface area contributed by atoms with Crippen LogP contribution in [0.4, 0.5) is 0 Å². The maximum Gasteiger partial charge on any atom is 0.341 e. The molecule has 0 bridgehead atoms. The Labute approximate surface area is 197 Å². The molecule has 0 aliphatic carbocycles. The van der Waals surface area contributed by atoms with Crippen LogP contribution in [0.3, 0.4) is 0 Å². The van der Waals surface area contributed by atoms with Crippen molar-refractivity contribution in [3.63, 3.8) is 0 Å². The van der Waals surface area contributed by atoms with E-state index in [0.29, 0.717) is 48.9 Å². The van der Waals surface area contributed by atoms with E-state index in [1.54, 1.807) is 29.2 Å². The summed E-state index contributed by atoms with van der Waals surface area (Å²) >= 11 is 0. The van der Waals surface area contributed by atoms with E-state index in [-0.39, 0.29) is 5.91 Å². The largest absolute Gasteiger partial charge is 0.489 e. The first-order chi connectivity index (χ1) is 15.8. The van der Waals surface area contributed by atoms with Gasteiger partial charge in [-0.05, 0) is 63.1 Å². The van der Waals surface area contributed by atoms with Crippen LogP contribution in [0.25, 0.3) is 0 Å². The van der Waals surface area contributed by atoms with Gasteiger partial charge in [0.25, 0.3) is 5.91 Å². The molecule has 6 nitrogen and oxygen atoms in total. The third kappa shape index (κ3) is 8.48. The first-order valence-corrected chi connectivity index (χ1v) is 10.9. The van der Waals surface area contributed by atoms with Gasteiger partial charge in [-0.25, -0.2) is 4.79 Å². The predicted octanol–water partition coefficient (Wildman–Crippen LogP) is 5.39. The number of amides is 1. The van der Waals surface area contributed by atoms with Gasteiger partial charge in [-0.2, -0.15) is 0 Å². The Morgan fingerprint density at radius 2 is 1.30 bits per heavy atom. The average molecular weight is 454 g/mol. The molecule has 2 rings (SSSR count). The molecule has 6 heteroatoms. The molecule has 33 heavy (non-hydrogen) atoms. The molecule has 0 atom stereocenters. The van der Waals surface area contributed by atoms with Gasteiger partial charge in [-0.1, -0.05) is 37.4 Å². The summed E-state index contributed by atoms with van der Waals surface area (Å²) in [7, 11) is 1.35. The van der Waals surface area contributed by atoms with Crippen LogP contribution in [0.1, 0.15) is 45.7 Å². The van der Waals surface area contributed by atoms with E-state index in [4.69, 9.17) is 9.47 Å². The number of esters is 1. The number of ether oxygens (including phenoxy) is 3. The fourth-order valence-corrected chi connectivity index (χ4v) is 2.93. The second-order valence-corrected chi connectivity index (χ2v) is 7.17. The second kappa shape index (κ2) is 14.5. The van der Waals surface area contributed by atoms with Crippen molar-refractivity contribution < 1.29 is 23.8 Å². The highest BCUT2D eigenvalue weighted by Crippen LogP contribution is 2.22. The highest BCUT2D eigenvalue weighted by Gasteiger charge is 2.17. The van der Waals surface area contributed by atoms with Gasteiger partial charge in [-0.3, -0.25) is 4.79 Å². The maximum absolute atomic E-state index is 12.3. The lowest BCUT2D eigenvalue weighted by atomic mass is 10.1. The van der Waals surface area contributed by atoms with Gasteiger partial charge in [0.2, 0.25) is 0 Å². The van der Waals surface area contributed by atoms with Crippen LogP contribution in [-0.4, -0.2) is 50.2 Å². The number of carbonyl (C=O) groups is 2. The minimum absolute atomic E-state index is 0.0130. The summed E-state index contributed by atoms with van der Waals surface area (Å²) in [5.74, 6) is 0.779. The minimum Gasteiger partial charge on any atom is -0.489 e. The van der Waals surface area contributed by atoms with Crippen molar-refractivity contribution in [2.24, 2.45) is 0 Å². The van der Waals surface area contributed by atoms with Crippen LogP contribution in [-0.2, 0) is 4.74 Å². The monoisotopic (exact) mass is 453 g/mol. The molecule has 0 fully saturated rings. The highest BCUT2D eigenvalue weighted by molar-refractivity contribution is 5.97. The molecule has 0 heterocycles. The Hall–Kier alpha value is -3.54. The number of hydrogen-bond donors (Lipinski definition) is 0. The van der Waals surface area contributed by atoms with Gasteiger partial charge in [0, 0.05) is 13.1 Å². The minimum atomic E-state index is -0.394. The smallest absolute Gasteiger partial charge is 0.341 e. The number of nitrogens with zero attached hydrogens (tertiary/aromatic N) is 1. The first kappa shape index (κ1) is 27.5. The molecular weight excluding hydrogens is 418 g/mol. The zero-order chi connectivity index (χ0) is 24.8. The Bertz CT molecular complexity index is 948. The fraction of sp³-hybridized carbons (Fsp3) is 0.333. The van der Waals surface area contributed by atoms with E-state index in [2.05, 4.69) is 17.9 Å². The van der Waals surface area contributed by atoms with Gasteiger partial charge in [-0.15, -0.1) is 0 Å². The number of aryl methyl sites for hydroxylation is 2. The molecule has 0 radical (unpaired) electrons. The molecule has 0 saturated heterocycles. The summed E-state index contributed by atoms with van der Waals surface area (Å²) < 4.78 is 15.6. The van der Waals surface area contributed by atoms with Crippen molar-refractivity contribution >= 4 is 11.9 Å². The highest BCUT2D eigenvalue weighted by atomic mass is 16.5. The molecule has 0 aliphatic heterocycles. The zero-order valence-corrected chi connectivity index (χ0v) is 20.3. The number of methoxy groups -OCH3 is 1. The van der Waals surface area contributed by atoms with Crippen molar-refractivity contribution in [1.29, 1.82) is 0 Å². The summed E-state index contributed by atoms with van der Waals surface area (Å²) in [6, 6.07) is 11.0. The normalized spacial score (nSPS) is 9.73. The van der Waals surface area contributed by atoms with Crippen LogP contribution < -0.4 is 9.47 Å². The standard InChI is InChI=1S/C15H21NO2.C12H14O3/c1-5-10-18-14-11-12(4)8-9-13(14)15(17)16(6-2)7-3;1-4-7-15-11-8-9(2)5-6-10(11)12(13)14-3/h5,8-9,11H,1,6-7,10H2,2-4H3;4-6,8H,1,7H2,2-3H3. The summed E-state index contributed by atoms with van der Waals surface area (Å²) in [5.41, 5.74) is 3.16. The van der Waals surface area contributed by atoms with E-state index in [0.717, 1.165) is 11.1 Å². The molecule has 0 aromatic heterocycles. The van der Waals surface area contributed by atoms with Gasteiger partial charge in [0.05, 0.1) is 12.7 Å². The summed E-state index contributed by atoms with van der Waals surface area (Å²) in [4.78, 5) is 25.5. The van der Waals surface area contributed by atoms with E-state index in [9.17, 15) is 9.59 Å². The predicted molar refractivity (Wildman–Crippen MR) is 132 cm³/mol. The van der Waals surface area contributed by atoms with Gasteiger partial charge >= 0.3 is 5.97 Å². The van der Waals surface area contributed by atoms with Gasteiger partial charge in [0.1, 0.15) is 30.3 Å². The SMILES string of the molecule is C=CCOc1cc(C)ccc1C(=O)N(CC)CC.C=CCOc1cc(C)ccc1C(=O)OC. The van der Waals surface area contributed by atoms with E-state index in [1.807, 2.05) is 52.0 Å². The molecular formula is C27H35NO5. The van der Waals surface area contributed by atoms with Crippen LogP contribution in [0.5, 0.6) is 11.5 Å². The Morgan fingerprint density at radius 1 is 0.848 bits per heavy atom. The van der Waals surface area contributed by atoms with E-state index in [1.165, 1.54) is 7.11 Å². The number of benzene rings is 2. The molecule has 0 unspecified atom stereocenters. The molecule has 0 aliphatic rings. The Balaban J connectivity index is 0.000000335. The van der Waals surface area contributed by atoms with Crippen LogP contribution in [0.15, 0.2) is 61.7 Å². The first-order valence-electron chi connectivity index (χ1n) is 10.9. The van der Waals surface area contributed by atoms with Gasteiger partial charge < -0.3 is 19.1 Å². The summed E-state index contributed by atoms with van der Waals surface area (Å²) in [6.45, 7) is 17.2. The molecule has 1 amide bonds. The van der Waals surface area contributed by atoms with Crippen LogP contribution in [0, 0.1) is 13.8 Å². The van der Waals surface area contributed by atoms with Gasteiger partial charge in [0.15, 0.2) is 0 Å². The molecule has 0 saturated carbocycles. The third-order valence-corrected chi connectivity index (χ3v) is 4.67. The molecule has 0 spiro atoms. The summed E-state index contributed by atoms with van der Waals surface area (Å²) in [6.07, 6.45) is 3.30. The molecule has 2 aromatic carbocycles. The number of carbonyl (C=O) groups excluding carboxylic acids is 2. The lowest BCUT2D eigenvalue weighted by Gasteiger charge is -2.20. The van der Waals surface area contributed by atoms with E-state index >= 15 is 0 Å². The Kier molecular flexibility index (Phi) is 12.1. The average Bonchev–Trinajstić information content (AvgIpc) is 2.82. The fourth-order valence-electron chi connectivity index (χ4n) is 2.93. The van der Waals surface area contributed by atoms with Crippen LogP contribution >= 0.6 is 0 Å². The van der Waals surface area contributed by atoms with Crippen LogP contribution in [0.2, 0.25) is 0 Å². The Morgan fingerprint density at radius 3 is 1.73 bits per heavy atom. The van der Waals surface area contributed by atoms with Crippen molar-refractivity contribution in [3.8, 4) is 11.5 Å². The number of rotatable bonds is 10. The molecule has 2 aromatic rings. The van der Waals surface area contributed by atoms with Crippen molar-refractivity contribution in [2.45, 2.75) is 27.7 Å². The van der Waals surface area contributed by atoms with E-state index < -0.39 is 5.97 Å². The van der Waals surface area contributed by atoms with Crippen molar-refractivity contribution in [2.75, 3.05) is 33.4 Å². The quantitative estimate of drug-likeness (QED) is 0.357. The molecule has 178 valence electrons. The van der Waals surface area contributed by atoms with Crippen molar-refractivity contribution in [3.05, 3.63) is 84.0 Å². The lowest BCUT2D eigenvalue weighted by Crippen LogP contribution is -2.30. The third-order valence-electron chi connectivity index (χ3n) is 4.67. The topological polar surface area (TPSA) is 65.1 Å². The maximum atomic E-state index is 12.3. The summed E-state index contributed by atoms with van der Waals surface area (Å²) in [5, 5.41) is 0. The lowest BCUT2D eigenvalue weighted by molar-refractivity contribution is 0.0596. The molecule has 0 N–H and O–H groups in total.